The summed E-state index contributed by atoms with van der Waals surface area (Å²) in [5.74, 6) is 0.660. The van der Waals surface area contributed by atoms with E-state index in [4.69, 9.17) is 10.5 Å². The van der Waals surface area contributed by atoms with Gasteiger partial charge in [-0.3, -0.25) is 0 Å². The SMILES string of the molecule is COc1nc(CN)ccc1C. The molecule has 1 rings (SSSR count). The van der Waals surface area contributed by atoms with Crippen LogP contribution in [0, 0.1) is 6.92 Å². The number of methoxy groups -OCH3 is 1. The summed E-state index contributed by atoms with van der Waals surface area (Å²) in [7, 11) is 1.61. The van der Waals surface area contributed by atoms with Crippen LogP contribution >= 0.6 is 0 Å². The lowest BCUT2D eigenvalue weighted by molar-refractivity contribution is 0.393. The molecule has 0 saturated carbocycles. The Hall–Kier alpha value is -1.09. The van der Waals surface area contributed by atoms with Gasteiger partial charge >= 0.3 is 0 Å². The lowest BCUT2D eigenvalue weighted by Gasteiger charge is -2.03. The molecular formula is C8H12N2O. The first kappa shape index (κ1) is 8.01. The van der Waals surface area contributed by atoms with Crippen LogP contribution in [0.4, 0.5) is 0 Å². The van der Waals surface area contributed by atoms with Crippen LogP contribution in [0.1, 0.15) is 11.3 Å². The summed E-state index contributed by atoms with van der Waals surface area (Å²) in [6.07, 6.45) is 0. The number of pyridine rings is 1. The third-order valence-corrected chi connectivity index (χ3v) is 1.51. The van der Waals surface area contributed by atoms with E-state index in [0.717, 1.165) is 11.3 Å². The van der Waals surface area contributed by atoms with Gasteiger partial charge in [-0.15, -0.1) is 0 Å². The highest BCUT2D eigenvalue weighted by Crippen LogP contribution is 2.13. The Morgan fingerprint density at radius 1 is 1.55 bits per heavy atom. The van der Waals surface area contributed by atoms with Crippen LogP contribution in [0.15, 0.2) is 12.1 Å². The molecule has 1 aromatic rings. The number of aromatic nitrogens is 1. The first-order valence-electron chi connectivity index (χ1n) is 3.48. The van der Waals surface area contributed by atoms with Crippen molar-refractivity contribution >= 4 is 0 Å². The van der Waals surface area contributed by atoms with Gasteiger partial charge < -0.3 is 10.5 Å². The molecule has 0 aliphatic heterocycles. The molecule has 0 aromatic carbocycles. The number of rotatable bonds is 2. The predicted molar refractivity (Wildman–Crippen MR) is 43.4 cm³/mol. The van der Waals surface area contributed by atoms with Gasteiger partial charge in [0.15, 0.2) is 0 Å². The highest BCUT2D eigenvalue weighted by molar-refractivity contribution is 5.26. The minimum absolute atomic E-state index is 0.455. The van der Waals surface area contributed by atoms with E-state index in [9.17, 15) is 0 Å². The molecule has 0 aliphatic rings. The van der Waals surface area contributed by atoms with Crippen molar-refractivity contribution in [3.8, 4) is 5.88 Å². The Morgan fingerprint density at radius 3 is 2.82 bits per heavy atom. The summed E-state index contributed by atoms with van der Waals surface area (Å²) in [5.41, 5.74) is 7.29. The molecule has 0 fully saturated rings. The zero-order chi connectivity index (χ0) is 8.27. The first-order chi connectivity index (χ1) is 5.27. The van der Waals surface area contributed by atoms with E-state index < -0.39 is 0 Å². The summed E-state index contributed by atoms with van der Waals surface area (Å²) >= 11 is 0. The zero-order valence-electron chi connectivity index (χ0n) is 6.79. The molecule has 0 aliphatic carbocycles. The summed E-state index contributed by atoms with van der Waals surface area (Å²) in [6.45, 7) is 2.41. The second-order valence-corrected chi connectivity index (χ2v) is 2.33. The molecule has 60 valence electrons. The zero-order valence-corrected chi connectivity index (χ0v) is 6.79. The second kappa shape index (κ2) is 3.34. The lowest BCUT2D eigenvalue weighted by Crippen LogP contribution is -2.01. The predicted octanol–water partition coefficient (Wildman–Crippen LogP) is 0.857. The van der Waals surface area contributed by atoms with Crippen LogP contribution in [-0.2, 0) is 6.54 Å². The minimum atomic E-state index is 0.455. The van der Waals surface area contributed by atoms with Crippen molar-refractivity contribution in [1.82, 2.24) is 4.98 Å². The van der Waals surface area contributed by atoms with E-state index in [1.54, 1.807) is 7.11 Å². The molecule has 3 heteroatoms. The summed E-state index contributed by atoms with van der Waals surface area (Å²) < 4.78 is 5.02. The van der Waals surface area contributed by atoms with E-state index in [1.165, 1.54) is 0 Å². The standard InChI is InChI=1S/C8H12N2O/c1-6-3-4-7(5-9)10-8(6)11-2/h3-4H,5,9H2,1-2H3. The molecule has 0 saturated heterocycles. The van der Waals surface area contributed by atoms with E-state index in [-0.39, 0.29) is 0 Å². The highest BCUT2D eigenvalue weighted by atomic mass is 16.5. The normalized spacial score (nSPS) is 9.73. The quantitative estimate of drug-likeness (QED) is 0.683. The molecule has 0 bridgehead atoms. The fourth-order valence-electron chi connectivity index (χ4n) is 0.869. The third-order valence-electron chi connectivity index (χ3n) is 1.51. The molecule has 0 spiro atoms. The molecule has 0 atom stereocenters. The largest absolute Gasteiger partial charge is 0.481 e. The van der Waals surface area contributed by atoms with Crippen molar-refractivity contribution in [3.63, 3.8) is 0 Å². The van der Waals surface area contributed by atoms with Gasteiger partial charge in [0.05, 0.1) is 12.8 Å². The summed E-state index contributed by atoms with van der Waals surface area (Å²) in [4.78, 5) is 4.16. The van der Waals surface area contributed by atoms with Crippen LogP contribution in [0.25, 0.3) is 0 Å². The van der Waals surface area contributed by atoms with Crippen LogP contribution in [0.3, 0.4) is 0 Å². The monoisotopic (exact) mass is 152 g/mol. The number of ether oxygens (including phenoxy) is 1. The highest BCUT2D eigenvalue weighted by Gasteiger charge is 1.99. The van der Waals surface area contributed by atoms with E-state index in [0.29, 0.717) is 12.4 Å². The lowest BCUT2D eigenvalue weighted by atomic mass is 10.2. The van der Waals surface area contributed by atoms with Crippen molar-refractivity contribution < 1.29 is 4.74 Å². The van der Waals surface area contributed by atoms with Crippen molar-refractivity contribution in [2.24, 2.45) is 5.73 Å². The fraction of sp³-hybridized carbons (Fsp3) is 0.375. The van der Waals surface area contributed by atoms with Gasteiger partial charge in [-0.1, -0.05) is 6.07 Å². The molecule has 0 unspecified atom stereocenters. The maximum absolute atomic E-state index is 5.41. The van der Waals surface area contributed by atoms with Gasteiger partial charge in [-0.05, 0) is 13.0 Å². The van der Waals surface area contributed by atoms with Gasteiger partial charge in [0.1, 0.15) is 0 Å². The fourth-order valence-corrected chi connectivity index (χ4v) is 0.869. The average Bonchev–Trinajstić information content (AvgIpc) is 2.05. The molecule has 1 heterocycles. The van der Waals surface area contributed by atoms with Crippen LogP contribution in [-0.4, -0.2) is 12.1 Å². The molecular weight excluding hydrogens is 140 g/mol. The van der Waals surface area contributed by atoms with Gasteiger partial charge in [-0.25, -0.2) is 4.98 Å². The Morgan fingerprint density at radius 2 is 2.27 bits per heavy atom. The Bertz CT molecular complexity index is 248. The van der Waals surface area contributed by atoms with Gasteiger partial charge in [0.2, 0.25) is 5.88 Å². The Kier molecular flexibility index (Phi) is 2.44. The Balaban J connectivity index is 3.02. The van der Waals surface area contributed by atoms with Crippen molar-refractivity contribution in [3.05, 3.63) is 23.4 Å². The summed E-state index contributed by atoms with van der Waals surface area (Å²) in [5, 5.41) is 0. The number of hydrogen-bond donors (Lipinski definition) is 1. The smallest absolute Gasteiger partial charge is 0.216 e. The molecule has 0 amide bonds. The molecule has 11 heavy (non-hydrogen) atoms. The number of hydrogen-bond acceptors (Lipinski definition) is 3. The third kappa shape index (κ3) is 1.68. The Labute approximate surface area is 66.2 Å². The first-order valence-corrected chi connectivity index (χ1v) is 3.48. The van der Waals surface area contributed by atoms with E-state index in [2.05, 4.69) is 4.98 Å². The topological polar surface area (TPSA) is 48.1 Å². The number of nitrogens with zero attached hydrogens (tertiary/aromatic N) is 1. The van der Waals surface area contributed by atoms with Crippen molar-refractivity contribution in [2.75, 3.05) is 7.11 Å². The van der Waals surface area contributed by atoms with Gasteiger partial charge in [0.25, 0.3) is 0 Å². The molecule has 0 radical (unpaired) electrons. The average molecular weight is 152 g/mol. The second-order valence-electron chi connectivity index (χ2n) is 2.33. The maximum Gasteiger partial charge on any atom is 0.216 e. The van der Waals surface area contributed by atoms with Crippen molar-refractivity contribution in [2.45, 2.75) is 13.5 Å². The van der Waals surface area contributed by atoms with Crippen LogP contribution < -0.4 is 10.5 Å². The van der Waals surface area contributed by atoms with Crippen LogP contribution in [0.5, 0.6) is 5.88 Å². The van der Waals surface area contributed by atoms with Crippen LogP contribution in [0.2, 0.25) is 0 Å². The maximum atomic E-state index is 5.41. The van der Waals surface area contributed by atoms with E-state index >= 15 is 0 Å². The van der Waals surface area contributed by atoms with Gasteiger partial charge in [-0.2, -0.15) is 0 Å². The van der Waals surface area contributed by atoms with Gasteiger partial charge in [0, 0.05) is 12.1 Å². The molecule has 3 nitrogen and oxygen atoms in total. The minimum Gasteiger partial charge on any atom is -0.481 e. The summed E-state index contributed by atoms with van der Waals surface area (Å²) in [6, 6.07) is 3.85. The molecule has 2 N–H and O–H groups in total. The van der Waals surface area contributed by atoms with E-state index in [1.807, 2.05) is 19.1 Å². The number of aryl methyl sites for hydroxylation is 1. The molecule has 1 aromatic heterocycles. The van der Waals surface area contributed by atoms with Crippen molar-refractivity contribution in [1.29, 1.82) is 0 Å². The number of nitrogens with two attached hydrogens (primary N) is 1.